The maximum Gasteiger partial charge on any atom is 0.257 e. The quantitative estimate of drug-likeness (QED) is 0.883. The number of carbonyl (C=O) groups is 1. The molecule has 5 heteroatoms. The van der Waals surface area contributed by atoms with Gasteiger partial charge in [-0.25, -0.2) is 0 Å². The summed E-state index contributed by atoms with van der Waals surface area (Å²) in [4.78, 5) is 13.8. The number of ether oxygens (including phenoxy) is 1. The van der Waals surface area contributed by atoms with Gasteiger partial charge in [0.1, 0.15) is 6.10 Å². The normalized spacial score (nSPS) is 18.9. The average Bonchev–Trinajstić information content (AvgIpc) is 2.38. The van der Waals surface area contributed by atoms with Gasteiger partial charge in [-0.1, -0.05) is 12.1 Å². The van der Waals surface area contributed by atoms with E-state index in [1.165, 1.54) is 0 Å². The monoisotopic (exact) mass is 270 g/mol. The van der Waals surface area contributed by atoms with Gasteiger partial charge in [0.25, 0.3) is 5.91 Å². The summed E-state index contributed by atoms with van der Waals surface area (Å²) >= 11 is 0. The van der Waals surface area contributed by atoms with E-state index in [2.05, 4.69) is 5.32 Å². The van der Waals surface area contributed by atoms with Gasteiger partial charge in [0, 0.05) is 25.8 Å². The molecule has 1 unspecified atom stereocenters. The van der Waals surface area contributed by atoms with Crippen LogP contribution in [0.15, 0.2) is 24.3 Å². The highest BCUT2D eigenvalue weighted by Crippen LogP contribution is 2.16. The van der Waals surface area contributed by atoms with E-state index in [9.17, 15) is 4.79 Å². The first-order valence-corrected chi connectivity index (χ1v) is 5.85. The number of anilines is 1. The fourth-order valence-corrected chi connectivity index (χ4v) is 1.90. The molecule has 1 aliphatic rings. The van der Waals surface area contributed by atoms with Crippen molar-refractivity contribution in [2.24, 2.45) is 0 Å². The van der Waals surface area contributed by atoms with Crippen LogP contribution in [0, 0.1) is 6.92 Å². The second-order valence-corrected chi connectivity index (χ2v) is 4.30. The summed E-state index contributed by atoms with van der Waals surface area (Å²) in [6.45, 7) is 4.02. The van der Waals surface area contributed by atoms with E-state index in [-0.39, 0.29) is 24.4 Å². The summed E-state index contributed by atoms with van der Waals surface area (Å²) in [6, 6.07) is 7.89. The van der Waals surface area contributed by atoms with Gasteiger partial charge in [-0.15, -0.1) is 12.4 Å². The van der Waals surface area contributed by atoms with Gasteiger partial charge in [0.05, 0.1) is 6.61 Å². The van der Waals surface area contributed by atoms with E-state index in [1.54, 1.807) is 11.9 Å². The number of nitrogens with zero attached hydrogens (tertiary/aromatic N) is 1. The third kappa shape index (κ3) is 3.45. The Bertz CT molecular complexity index is 406. The average molecular weight is 271 g/mol. The van der Waals surface area contributed by atoms with E-state index in [0.717, 1.165) is 17.8 Å². The molecule has 18 heavy (non-hydrogen) atoms. The minimum absolute atomic E-state index is 0. The Kier molecular flexibility index (Phi) is 5.59. The fraction of sp³-hybridized carbons (Fsp3) is 0.462. The minimum atomic E-state index is -0.366. The van der Waals surface area contributed by atoms with Crippen molar-refractivity contribution < 1.29 is 9.53 Å². The summed E-state index contributed by atoms with van der Waals surface area (Å²) in [6.07, 6.45) is -0.366. The molecule has 1 fully saturated rings. The van der Waals surface area contributed by atoms with Gasteiger partial charge in [0.2, 0.25) is 0 Å². The molecule has 1 heterocycles. The standard InChI is InChI=1S/C13H18N2O2.ClH/c1-10-4-3-5-11(8-10)15(2)13(16)12-9-14-6-7-17-12;/h3-5,8,12,14H,6-7,9H2,1-2H3;1H. The molecule has 1 aromatic rings. The van der Waals surface area contributed by atoms with Gasteiger partial charge >= 0.3 is 0 Å². The predicted molar refractivity (Wildman–Crippen MR) is 74.4 cm³/mol. The first-order valence-electron chi connectivity index (χ1n) is 5.85. The number of halogens is 1. The largest absolute Gasteiger partial charge is 0.366 e. The molecule has 1 aromatic carbocycles. The summed E-state index contributed by atoms with van der Waals surface area (Å²) in [5.74, 6) is 0.00259. The topological polar surface area (TPSA) is 41.6 Å². The maximum absolute atomic E-state index is 12.2. The summed E-state index contributed by atoms with van der Waals surface area (Å²) in [7, 11) is 1.79. The molecule has 0 bridgehead atoms. The van der Waals surface area contributed by atoms with Crippen molar-refractivity contribution in [3.05, 3.63) is 29.8 Å². The molecule has 1 amide bonds. The number of likely N-dealkylation sites (N-methyl/N-ethyl adjacent to an activating group) is 1. The van der Waals surface area contributed by atoms with Crippen LogP contribution in [0.3, 0.4) is 0 Å². The van der Waals surface area contributed by atoms with E-state index in [0.29, 0.717) is 13.2 Å². The lowest BCUT2D eigenvalue weighted by molar-refractivity contribution is -0.131. The van der Waals surface area contributed by atoms with E-state index < -0.39 is 0 Å². The fourth-order valence-electron chi connectivity index (χ4n) is 1.90. The van der Waals surface area contributed by atoms with Crippen molar-refractivity contribution in [1.29, 1.82) is 0 Å². The Balaban J connectivity index is 0.00000162. The second kappa shape index (κ2) is 6.73. The molecule has 1 atom stereocenters. The SMILES string of the molecule is Cc1cccc(N(C)C(=O)C2CNCCO2)c1.Cl. The summed E-state index contributed by atoms with van der Waals surface area (Å²) < 4.78 is 5.46. The van der Waals surface area contributed by atoms with E-state index in [4.69, 9.17) is 4.74 Å². The zero-order valence-corrected chi connectivity index (χ0v) is 11.5. The van der Waals surface area contributed by atoms with Crippen LogP contribution in [-0.4, -0.2) is 38.8 Å². The van der Waals surface area contributed by atoms with Gasteiger partial charge in [-0.05, 0) is 24.6 Å². The van der Waals surface area contributed by atoms with Crippen LogP contribution in [0.25, 0.3) is 0 Å². The third-order valence-electron chi connectivity index (χ3n) is 2.92. The zero-order chi connectivity index (χ0) is 12.3. The Hall–Kier alpha value is -1.10. The van der Waals surface area contributed by atoms with Crippen molar-refractivity contribution in [1.82, 2.24) is 5.32 Å². The van der Waals surface area contributed by atoms with Crippen molar-refractivity contribution in [2.75, 3.05) is 31.6 Å². The predicted octanol–water partition coefficient (Wildman–Crippen LogP) is 1.37. The van der Waals surface area contributed by atoms with Crippen molar-refractivity contribution in [2.45, 2.75) is 13.0 Å². The Morgan fingerprint density at radius 2 is 2.28 bits per heavy atom. The molecule has 0 aliphatic carbocycles. The van der Waals surface area contributed by atoms with Gasteiger partial charge in [-0.3, -0.25) is 4.79 Å². The molecule has 100 valence electrons. The Morgan fingerprint density at radius 1 is 1.50 bits per heavy atom. The van der Waals surface area contributed by atoms with Crippen LogP contribution < -0.4 is 10.2 Å². The molecular formula is C13H19ClN2O2. The van der Waals surface area contributed by atoms with Crippen LogP contribution in [0.1, 0.15) is 5.56 Å². The highest BCUT2D eigenvalue weighted by Gasteiger charge is 2.25. The molecule has 1 N–H and O–H groups in total. The minimum Gasteiger partial charge on any atom is -0.366 e. The molecule has 1 aliphatic heterocycles. The zero-order valence-electron chi connectivity index (χ0n) is 10.7. The van der Waals surface area contributed by atoms with Crippen LogP contribution in [-0.2, 0) is 9.53 Å². The number of amides is 1. The first-order chi connectivity index (χ1) is 8.18. The van der Waals surface area contributed by atoms with Gasteiger partial charge in [0.15, 0.2) is 0 Å². The molecule has 0 spiro atoms. The third-order valence-corrected chi connectivity index (χ3v) is 2.92. The van der Waals surface area contributed by atoms with Crippen LogP contribution in [0.4, 0.5) is 5.69 Å². The number of morpholine rings is 1. The first kappa shape index (κ1) is 15.0. The molecule has 0 radical (unpaired) electrons. The number of nitrogens with one attached hydrogen (secondary N) is 1. The van der Waals surface area contributed by atoms with Crippen LogP contribution >= 0.6 is 12.4 Å². The summed E-state index contributed by atoms with van der Waals surface area (Å²) in [5, 5.41) is 3.16. The number of hydrogen-bond acceptors (Lipinski definition) is 3. The van der Waals surface area contributed by atoms with Gasteiger partial charge in [-0.2, -0.15) is 0 Å². The smallest absolute Gasteiger partial charge is 0.257 e. The lowest BCUT2D eigenvalue weighted by Crippen LogP contribution is -2.48. The number of carbonyl (C=O) groups excluding carboxylic acids is 1. The number of aryl methyl sites for hydroxylation is 1. The molecule has 4 nitrogen and oxygen atoms in total. The lowest BCUT2D eigenvalue weighted by Gasteiger charge is -2.27. The molecular weight excluding hydrogens is 252 g/mol. The van der Waals surface area contributed by atoms with Crippen LogP contribution in [0.2, 0.25) is 0 Å². The molecule has 0 aromatic heterocycles. The van der Waals surface area contributed by atoms with E-state index >= 15 is 0 Å². The van der Waals surface area contributed by atoms with Crippen molar-refractivity contribution >= 4 is 24.0 Å². The highest BCUT2D eigenvalue weighted by atomic mass is 35.5. The van der Waals surface area contributed by atoms with Crippen molar-refractivity contribution in [3.63, 3.8) is 0 Å². The maximum atomic E-state index is 12.2. The molecule has 0 saturated carbocycles. The number of rotatable bonds is 2. The highest BCUT2D eigenvalue weighted by molar-refractivity contribution is 5.96. The van der Waals surface area contributed by atoms with Crippen molar-refractivity contribution in [3.8, 4) is 0 Å². The van der Waals surface area contributed by atoms with Gasteiger partial charge < -0.3 is 15.0 Å². The second-order valence-electron chi connectivity index (χ2n) is 4.30. The van der Waals surface area contributed by atoms with Crippen LogP contribution in [0.5, 0.6) is 0 Å². The molecule has 2 rings (SSSR count). The van der Waals surface area contributed by atoms with E-state index in [1.807, 2.05) is 31.2 Å². The number of hydrogen-bond donors (Lipinski definition) is 1. The number of benzene rings is 1. The molecule has 1 saturated heterocycles. The lowest BCUT2D eigenvalue weighted by atomic mass is 10.2. The summed E-state index contributed by atoms with van der Waals surface area (Å²) in [5.41, 5.74) is 2.05. The Morgan fingerprint density at radius 3 is 2.89 bits per heavy atom. The Labute approximate surface area is 114 Å².